The Hall–Kier alpha value is -1.71. The zero-order chi connectivity index (χ0) is 13.1. The Kier molecular flexibility index (Phi) is 3.75. The van der Waals surface area contributed by atoms with Gasteiger partial charge in [0.2, 0.25) is 0 Å². The SMILES string of the molecule is CC(CC#N)N(C)Cc1nc(N)c2ccsc2n1. The molecule has 0 saturated heterocycles. The average molecular weight is 261 g/mol. The Morgan fingerprint density at radius 2 is 2.33 bits per heavy atom. The van der Waals surface area contributed by atoms with Crippen LogP contribution in [0.25, 0.3) is 10.2 Å². The predicted molar refractivity (Wildman–Crippen MR) is 73.0 cm³/mol. The molecule has 0 aliphatic heterocycles. The highest BCUT2D eigenvalue weighted by molar-refractivity contribution is 7.16. The molecule has 0 aliphatic rings. The highest BCUT2D eigenvalue weighted by Gasteiger charge is 2.12. The van der Waals surface area contributed by atoms with E-state index in [1.165, 1.54) is 0 Å². The van der Waals surface area contributed by atoms with E-state index in [1.54, 1.807) is 11.3 Å². The van der Waals surface area contributed by atoms with E-state index in [1.807, 2.05) is 25.4 Å². The Morgan fingerprint density at radius 3 is 3.06 bits per heavy atom. The van der Waals surface area contributed by atoms with Gasteiger partial charge in [0.05, 0.1) is 24.4 Å². The topological polar surface area (TPSA) is 78.8 Å². The first-order valence-electron chi connectivity index (χ1n) is 5.68. The molecule has 0 fully saturated rings. The average Bonchev–Trinajstić information content (AvgIpc) is 2.77. The highest BCUT2D eigenvalue weighted by Crippen LogP contribution is 2.23. The minimum atomic E-state index is 0.179. The summed E-state index contributed by atoms with van der Waals surface area (Å²) in [4.78, 5) is 11.8. The first-order valence-corrected chi connectivity index (χ1v) is 6.56. The Balaban J connectivity index is 2.19. The number of hydrogen-bond acceptors (Lipinski definition) is 6. The van der Waals surface area contributed by atoms with Crippen LogP contribution in [0, 0.1) is 11.3 Å². The molecule has 6 heteroatoms. The normalized spacial score (nSPS) is 12.8. The van der Waals surface area contributed by atoms with Gasteiger partial charge >= 0.3 is 0 Å². The number of anilines is 1. The van der Waals surface area contributed by atoms with Crippen LogP contribution < -0.4 is 5.73 Å². The van der Waals surface area contributed by atoms with Gasteiger partial charge in [-0.3, -0.25) is 4.90 Å². The van der Waals surface area contributed by atoms with E-state index in [0.29, 0.717) is 24.6 Å². The summed E-state index contributed by atoms with van der Waals surface area (Å²) in [6.45, 7) is 2.61. The van der Waals surface area contributed by atoms with Crippen LogP contribution in [0.1, 0.15) is 19.2 Å². The second-order valence-electron chi connectivity index (χ2n) is 4.29. The maximum Gasteiger partial charge on any atom is 0.146 e. The number of aromatic nitrogens is 2. The lowest BCUT2D eigenvalue weighted by Crippen LogP contribution is -2.29. The minimum absolute atomic E-state index is 0.179. The van der Waals surface area contributed by atoms with Gasteiger partial charge in [-0.25, -0.2) is 9.97 Å². The molecule has 1 unspecified atom stereocenters. The molecule has 1 atom stereocenters. The number of nitriles is 1. The quantitative estimate of drug-likeness (QED) is 0.910. The maximum atomic E-state index is 8.68. The van der Waals surface area contributed by atoms with E-state index in [2.05, 4.69) is 20.9 Å². The summed E-state index contributed by atoms with van der Waals surface area (Å²) in [5.41, 5.74) is 5.90. The largest absolute Gasteiger partial charge is 0.383 e. The van der Waals surface area contributed by atoms with Crippen LogP contribution in [-0.2, 0) is 6.54 Å². The summed E-state index contributed by atoms with van der Waals surface area (Å²) >= 11 is 1.56. The first-order chi connectivity index (χ1) is 8.61. The molecule has 2 heterocycles. The molecule has 0 bridgehead atoms. The molecule has 0 saturated carbocycles. The Bertz CT molecular complexity index is 586. The Labute approximate surface area is 110 Å². The van der Waals surface area contributed by atoms with Gasteiger partial charge in [0.1, 0.15) is 16.5 Å². The summed E-state index contributed by atoms with van der Waals surface area (Å²) in [6, 6.07) is 4.28. The number of thiophene rings is 1. The standard InChI is InChI=1S/C12H15N5S/c1-8(3-5-13)17(2)7-10-15-11(14)9-4-6-18-12(9)16-10/h4,6,8H,3,7H2,1-2H3,(H2,14,15,16). The van der Waals surface area contributed by atoms with Crippen LogP contribution in [0.4, 0.5) is 5.82 Å². The summed E-state index contributed by atoms with van der Waals surface area (Å²) < 4.78 is 0. The second kappa shape index (κ2) is 5.29. The van der Waals surface area contributed by atoms with E-state index in [-0.39, 0.29) is 6.04 Å². The Morgan fingerprint density at radius 1 is 1.56 bits per heavy atom. The van der Waals surface area contributed by atoms with Crippen LogP contribution in [-0.4, -0.2) is 28.0 Å². The number of nitrogen functional groups attached to an aromatic ring is 1. The number of nitrogens with zero attached hydrogens (tertiary/aromatic N) is 4. The molecule has 2 aromatic rings. The fourth-order valence-corrected chi connectivity index (χ4v) is 2.45. The molecule has 5 nitrogen and oxygen atoms in total. The van der Waals surface area contributed by atoms with Crippen molar-refractivity contribution < 1.29 is 0 Å². The number of fused-ring (bicyclic) bond motifs is 1. The molecule has 0 radical (unpaired) electrons. The van der Waals surface area contributed by atoms with Crippen molar-refractivity contribution in [2.45, 2.75) is 25.9 Å². The van der Waals surface area contributed by atoms with Gasteiger partial charge in [0, 0.05) is 6.04 Å². The van der Waals surface area contributed by atoms with Gasteiger partial charge < -0.3 is 5.73 Å². The van der Waals surface area contributed by atoms with Crippen molar-refractivity contribution in [3.63, 3.8) is 0 Å². The van der Waals surface area contributed by atoms with Crippen LogP contribution in [0.15, 0.2) is 11.4 Å². The van der Waals surface area contributed by atoms with Gasteiger partial charge in [-0.05, 0) is 25.4 Å². The highest BCUT2D eigenvalue weighted by atomic mass is 32.1. The van der Waals surface area contributed by atoms with Crippen molar-refractivity contribution in [3.05, 3.63) is 17.3 Å². The molecule has 0 spiro atoms. The van der Waals surface area contributed by atoms with Crippen LogP contribution in [0.2, 0.25) is 0 Å². The van der Waals surface area contributed by atoms with Gasteiger partial charge in [-0.1, -0.05) is 0 Å². The minimum Gasteiger partial charge on any atom is -0.383 e. The van der Waals surface area contributed by atoms with Crippen LogP contribution in [0.3, 0.4) is 0 Å². The first kappa shape index (κ1) is 12.7. The van der Waals surface area contributed by atoms with E-state index in [0.717, 1.165) is 10.2 Å². The maximum absolute atomic E-state index is 8.68. The molecule has 0 aliphatic carbocycles. The lowest BCUT2D eigenvalue weighted by Gasteiger charge is -2.21. The fourth-order valence-electron chi connectivity index (χ4n) is 1.66. The predicted octanol–water partition coefficient (Wildman–Crippen LogP) is 2.01. The molecule has 0 amide bonds. The third-order valence-corrected chi connectivity index (χ3v) is 3.74. The van der Waals surface area contributed by atoms with Crippen LogP contribution in [0.5, 0.6) is 0 Å². The summed E-state index contributed by atoms with van der Waals surface area (Å²) in [5, 5.41) is 11.6. The van der Waals surface area contributed by atoms with E-state index < -0.39 is 0 Å². The molecule has 2 aromatic heterocycles. The number of hydrogen-bond donors (Lipinski definition) is 1. The summed E-state index contributed by atoms with van der Waals surface area (Å²) in [5.74, 6) is 1.23. The number of nitrogens with two attached hydrogens (primary N) is 1. The van der Waals surface area contributed by atoms with Crippen molar-refractivity contribution in [1.29, 1.82) is 5.26 Å². The van der Waals surface area contributed by atoms with Crippen molar-refractivity contribution in [2.24, 2.45) is 0 Å². The summed E-state index contributed by atoms with van der Waals surface area (Å²) in [6.07, 6.45) is 0.493. The zero-order valence-electron chi connectivity index (χ0n) is 10.4. The van der Waals surface area contributed by atoms with Gasteiger partial charge in [-0.15, -0.1) is 11.3 Å². The third kappa shape index (κ3) is 2.58. The molecule has 2 N–H and O–H groups in total. The third-order valence-electron chi connectivity index (χ3n) is 2.93. The van der Waals surface area contributed by atoms with Crippen molar-refractivity contribution in [3.8, 4) is 6.07 Å². The molecule has 94 valence electrons. The molecule has 2 rings (SSSR count). The summed E-state index contributed by atoms with van der Waals surface area (Å²) in [7, 11) is 1.96. The molecule has 18 heavy (non-hydrogen) atoms. The smallest absolute Gasteiger partial charge is 0.146 e. The van der Waals surface area contributed by atoms with Crippen molar-refractivity contribution in [2.75, 3.05) is 12.8 Å². The lowest BCUT2D eigenvalue weighted by atomic mass is 10.2. The van der Waals surface area contributed by atoms with E-state index in [9.17, 15) is 0 Å². The van der Waals surface area contributed by atoms with Gasteiger partial charge in [0.25, 0.3) is 0 Å². The van der Waals surface area contributed by atoms with E-state index >= 15 is 0 Å². The van der Waals surface area contributed by atoms with Gasteiger partial charge in [-0.2, -0.15) is 5.26 Å². The second-order valence-corrected chi connectivity index (χ2v) is 5.19. The van der Waals surface area contributed by atoms with Crippen molar-refractivity contribution >= 4 is 27.4 Å². The monoisotopic (exact) mass is 261 g/mol. The number of rotatable bonds is 4. The van der Waals surface area contributed by atoms with Gasteiger partial charge in [0.15, 0.2) is 0 Å². The van der Waals surface area contributed by atoms with Crippen molar-refractivity contribution in [1.82, 2.24) is 14.9 Å². The van der Waals surface area contributed by atoms with Crippen LogP contribution >= 0.6 is 11.3 Å². The lowest BCUT2D eigenvalue weighted by molar-refractivity contribution is 0.247. The molecular weight excluding hydrogens is 246 g/mol. The molecular formula is C12H15N5S. The van der Waals surface area contributed by atoms with E-state index in [4.69, 9.17) is 11.0 Å². The molecule has 0 aromatic carbocycles. The zero-order valence-corrected chi connectivity index (χ0v) is 11.2. The fraction of sp³-hybridized carbons (Fsp3) is 0.417.